The highest BCUT2D eigenvalue weighted by Gasteiger charge is 2.39. The van der Waals surface area contributed by atoms with E-state index in [0.717, 1.165) is 30.7 Å². The van der Waals surface area contributed by atoms with Gasteiger partial charge in [0.2, 0.25) is 11.8 Å². The van der Waals surface area contributed by atoms with Crippen molar-refractivity contribution in [2.45, 2.75) is 31.0 Å². The second-order valence-electron chi connectivity index (χ2n) is 8.24. The molecular formula is C23H25F3N4O2S. The minimum absolute atomic E-state index is 0.0112. The second-order valence-corrected chi connectivity index (χ2v) is 9.34. The average molecular weight is 479 g/mol. The van der Waals surface area contributed by atoms with Crippen LogP contribution in [0.25, 0.3) is 0 Å². The Bertz CT molecular complexity index is 1010. The fraction of sp³-hybridized carbons (Fsp3) is 0.391. The van der Waals surface area contributed by atoms with Gasteiger partial charge in [-0.1, -0.05) is 18.2 Å². The summed E-state index contributed by atoms with van der Waals surface area (Å²) in [6, 6.07) is 9.60. The highest BCUT2D eigenvalue weighted by Crippen LogP contribution is 2.25. The third kappa shape index (κ3) is 6.27. The highest BCUT2D eigenvalue weighted by molar-refractivity contribution is 8.00. The first kappa shape index (κ1) is 23.6. The average Bonchev–Trinajstić information content (AvgIpc) is 2.79. The normalized spacial score (nSPS) is 23.0. The Labute approximate surface area is 194 Å². The fourth-order valence-electron chi connectivity index (χ4n) is 4.11. The summed E-state index contributed by atoms with van der Waals surface area (Å²) in [5.74, 6) is -2.14. The van der Waals surface area contributed by atoms with Crippen LogP contribution in [0.15, 0.2) is 42.5 Å². The van der Waals surface area contributed by atoms with E-state index in [9.17, 15) is 22.8 Å². The smallest absolute Gasteiger partial charge is 0.230 e. The third-order valence-corrected chi connectivity index (χ3v) is 6.88. The maximum atomic E-state index is 13.7. The molecule has 0 saturated carbocycles. The molecule has 2 amide bonds. The first-order valence-electron chi connectivity index (χ1n) is 10.7. The van der Waals surface area contributed by atoms with Gasteiger partial charge in [-0.2, -0.15) is 0 Å². The third-order valence-electron chi connectivity index (χ3n) is 5.86. The van der Waals surface area contributed by atoms with E-state index in [1.54, 1.807) is 12.1 Å². The summed E-state index contributed by atoms with van der Waals surface area (Å²) in [4.78, 5) is 27.0. The van der Waals surface area contributed by atoms with Gasteiger partial charge in [-0.25, -0.2) is 13.2 Å². The van der Waals surface area contributed by atoms with E-state index in [1.165, 1.54) is 30.0 Å². The Kier molecular flexibility index (Phi) is 7.56. The van der Waals surface area contributed by atoms with Gasteiger partial charge in [0.15, 0.2) is 0 Å². The van der Waals surface area contributed by atoms with Gasteiger partial charge in [0.05, 0.1) is 11.7 Å². The molecular weight excluding hydrogens is 453 g/mol. The summed E-state index contributed by atoms with van der Waals surface area (Å²) in [5.41, 5.74) is 0.809. The van der Waals surface area contributed by atoms with Crippen molar-refractivity contribution >= 4 is 23.6 Å². The van der Waals surface area contributed by atoms with Crippen LogP contribution in [-0.4, -0.2) is 47.1 Å². The second kappa shape index (κ2) is 10.6. The minimum atomic E-state index is -0.707. The van der Waals surface area contributed by atoms with Crippen LogP contribution < -0.4 is 16.0 Å². The van der Waals surface area contributed by atoms with Crippen molar-refractivity contribution in [3.8, 4) is 0 Å². The number of thioether (sulfide) groups is 1. The number of likely N-dealkylation sites (tertiary alicyclic amines) is 1. The lowest BCUT2D eigenvalue weighted by Crippen LogP contribution is -2.64. The zero-order chi connectivity index (χ0) is 23.4. The SMILES string of the molecule is O=C(CSC1NC(=O)C2CN(Cc3ccc(F)cc3)CCC2N1)NCc1ccc(F)cc1F. The molecule has 2 aromatic carbocycles. The van der Waals surface area contributed by atoms with Crippen LogP contribution in [0.3, 0.4) is 0 Å². The maximum Gasteiger partial charge on any atom is 0.230 e. The standard InChI is InChI=1S/C23H25F3N4O2S/c24-16-4-1-14(2-5-16)11-30-8-7-20-18(12-30)22(32)29-23(28-20)33-13-21(31)27-10-15-3-6-17(25)9-19(15)26/h1-6,9,18,20,23,28H,7-8,10-13H2,(H,27,31)(H,29,32). The number of nitrogens with zero attached hydrogens (tertiary/aromatic N) is 1. The van der Waals surface area contributed by atoms with Gasteiger partial charge in [-0.3, -0.25) is 19.8 Å². The summed E-state index contributed by atoms with van der Waals surface area (Å²) >= 11 is 1.25. The molecule has 3 unspecified atom stereocenters. The number of halogens is 3. The number of fused-ring (bicyclic) bond motifs is 1. The lowest BCUT2D eigenvalue weighted by Gasteiger charge is -2.43. The molecule has 176 valence electrons. The Hall–Kier alpha value is -2.56. The molecule has 3 N–H and O–H groups in total. The lowest BCUT2D eigenvalue weighted by molar-refractivity contribution is -0.130. The number of amides is 2. The van der Waals surface area contributed by atoms with Gasteiger partial charge < -0.3 is 10.6 Å². The summed E-state index contributed by atoms with van der Waals surface area (Å²) in [6.45, 7) is 2.02. The van der Waals surface area contributed by atoms with Gasteiger partial charge >= 0.3 is 0 Å². The van der Waals surface area contributed by atoms with Crippen LogP contribution in [0.4, 0.5) is 13.2 Å². The van der Waals surface area contributed by atoms with Crippen LogP contribution in [-0.2, 0) is 22.7 Å². The molecule has 0 radical (unpaired) electrons. The van der Waals surface area contributed by atoms with E-state index < -0.39 is 17.1 Å². The van der Waals surface area contributed by atoms with E-state index in [4.69, 9.17) is 0 Å². The number of nitrogens with one attached hydrogen (secondary N) is 3. The monoisotopic (exact) mass is 478 g/mol. The molecule has 10 heteroatoms. The number of hydrogen-bond donors (Lipinski definition) is 3. The van der Waals surface area contributed by atoms with Crippen molar-refractivity contribution in [1.29, 1.82) is 0 Å². The lowest BCUT2D eigenvalue weighted by atomic mass is 9.89. The van der Waals surface area contributed by atoms with Crippen LogP contribution in [0.1, 0.15) is 17.5 Å². The highest BCUT2D eigenvalue weighted by atomic mass is 32.2. The molecule has 0 spiro atoms. The van der Waals surface area contributed by atoms with Crippen molar-refractivity contribution in [1.82, 2.24) is 20.9 Å². The predicted octanol–water partition coefficient (Wildman–Crippen LogP) is 2.35. The Morgan fingerprint density at radius 1 is 1.12 bits per heavy atom. The predicted molar refractivity (Wildman–Crippen MR) is 119 cm³/mol. The number of carbonyl (C=O) groups excluding carboxylic acids is 2. The van der Waals surface area contributed by atoms with Gasteiger partial charge in [0, 0.05) is 43.9 Å². The van der Waals surface area contributed by atoms with Crippen molar-refractivity contribution < 1.29 is 22.8 Å². The zero-order valence-electron chi connectivity index (χ0n) is 17.8. The molecule has 2 aromatic rings. The Balaban J connectivity index is 1.22. The summed E-state index contributed by atoms with van der Waals surface area (Å²) < 4.78 is 39.7. The Morgan fingerprint density at radius 2 is 1.88 bits per heavy atom. The molecule has 0 bridgehead atoms. The molecule has 0 aromatic heterocycles. The maximum absolute atomic E-state index is 13.7. The van der Waals surface area contributed by atoms with Crippen LogP contribution >= 0.6 is 11.8 Å². The molecule has 2 aliphatic heterocycles. The molecule has 33 heavy (non-hydrogen) atoms. The van der Waals surface area contributed by atoms with Crippen molar-refractivity contribution in [3.05, 3.63) is 71.0 Å². The topological polar surface area (TPSA) is 73.5 Å². The van der Waals surface area contributed by atoms with E-state index in [0.29, 0.717) is 13.1 Å². The molecule has 2 saturated heterocycles. The molecule has 2 aliphatic rings. The first-order valence-corrected chi connectivity index (χ1v) is 11.8. The van der Waals surface area contributed by atoms with Gasteiger partial charge in [0.1, 0.15) is 22.9 Å². The number of rotatable bonds is 7. The van der Waals surface area contributed by atoms with E-state index in [-0.39, 0.29) is 47.5 Å². The number of hydrogen-bond acceptors (Lipinski definition) is 5. The van der Waals surface area contributed by atoms with E-state index >= 15 is 0 Å². The number of benzene rings is 2. The molecule has 0 aliphatic carbocycles. The molecule has 2 fully saturated rings. The van der Waals surface area contributed by atoms with Crippen LogP contribution in [0, 0.1) is 23.4 Å². The van der Waals surface area contributed by atoms with E-state index in [1.807, 2.05) is 0 Å². The largest absolute Gasteiger partial charge is 0.351 e. The molecule has 3 atom stereocenters. The quantitative estimate of drug-likeness (QED) is 0.570. The van der Waals surface area contributed by atoms with Gasteiger partial charge in [-0.05, 0) is 30.2 Å². The fourth-order valence-corrected chi connectivity index (χ4v) is 5.00. The van der Waals surface area contributed by atoms with Crippen molar-refractivity contribution in [3.63, 3.8) is 0 Å². The number of carbonyl (C=O) groups is 2. The summed E-state index contributed by atoms with van der Waals surface area (Å²) in [5, 5.41) is 8.91. The van der Waals surface area contributed by atoms with Crippen molar-refractivity contribution in [2.75, 3.05) is 18.8 Å². The number of piperidine rings is 1. The summed E-state index contributed by atoms with van der Waals surface area (Å²) in [6.07, 6.45) is 0.784. The van der Waals surface area contributed by atoms with Crippen LogP contribution in [0.2, 0.25) is 0 Å². The minimum Gasteiger partial charge on any atom is -0.351 e. The summed E-state index contributed by atoms with van der Waals surface area (Å²) in [7, 11) is 0. The zero-order valence-corrected chi connectivity index (χ0v) is 18.6. The van der Waals surface area contributed by atoms with E-state index in [2.05, 4.69) is 20.9 Å². The Morgan fingerprint density at radius 3 is 2.64 bits per heavy atom. The first-order chi connectivity index (χ1) is 15.9. The molecule has 4 rings (SSSR count). The van der Waals surface area contributed by atoms with Crippen LogP contribution in [0.5, 0.6) is 0 Å². The van der Waals surface area contributed by atoms with Gasteiger partial charge in [0.25, 0.3) is 0 Å². The van der Waals surface area contributed by atoms with Crippen molar-refractivity contribution in [2.24, 2.45) is 5.92 Å². The van der Waals surface area contributed by atoms with Gasteiger partial charge in [-0.15, -0.1) is 11.8 Å². The molecule has 6 nitrogen and oxygen atoms in total. The molecule has 2 heterocycles.